The molecule has 2 heterocycles. The Kier molecular flexibility index (Phi) is 3.82. The van der Waals surface area contributed by atoms with Gasteiger partial charge in [0.2, 0.25) is 5.89 Å². The molecule has 2 rings (SSSR count). The van der Waals surface area contributed by atoms with E-state index in [4.69, 9.17) is 4.52 Å². The van der Waals surface area contributed by atoms with Crippen LogP contribution in [0.15, 0.2) is 22.7 Å². The third-order valence-electron chi connectivity index (χ3n) is 2.34. The van der Waals surface area contributed by atoms with Gasteiger partial charge in [0.05, 0.1) is 5.69 Å². The fourth-order valence-electron chi connectivity index (χ4n) is 1.55. The largest absolute Gasteiger partial charge is 0.339 e. The highest BCUT2D eigenvalue weighted by Crippen LogP contribution is 1.98. The van der Waals surface area contributed by atoms with Gasteiger partial charge in [-0.15, -0.1) is 0 Å². The number of hydrogen-bond donors (Lipinski definition) is 1. The van der Waals surface area contributed by atoms with Crippen LogP contribution < -0.4 is 5.32 Å². The fraction of sp³-hybridized carbons (Fsp3) is 0.417. The molecule has 0 fully saturated rings. The van der Waals surface area contributed by atoms with Crippen LogP contribution in [0.1, 0.15) is 23.1 Å². The van der Waals surface area contributed by atoms with Gasteiger partial charge in [-0.1, -0.05) is 11.2 Å². The summed E-state index contributed by atoms with van der Waals surface area (Å²) >= 11 is 0. The average Bonchev–Trinajstić information content (AvgIpc) is 2.71. The van der Waals surface area contributed by atoms with Gasteiger partial charge in [-0.2, -0.15) is 4.98 Å². The van der Waals surface area contributed by atoms with Crippen LogP contribution in [0.4, 0.5) is 0 Å². The second-order valence-corrected chi connectivity index (χ2v) is 3.93. The lowest BCUT2D eigenvalue weighted by molar-refractivity contribution is 0.372. The molecule has 0 saturated heterocycles. The fourth-order valence-corrected chi connectivity index (χ4v) is 1.55. The Morgan fingerprint density at radius 2 is 2.12 bits per heavy atom. The third-order valence-corrected chi connectivity index (χ3v) is 2.34. The van der Waals surface area contributed by atoms with E-state index in [1.165, 1.54) is 0 Å². The zero-order valence-corrected chi connectivity index (χ0v) is 10.1. The summed E-state index contributed by atoms with van der Waals surface area (Å²) in [6.45, 7) is 5.37. The molecule has 0 aromatic carbocycles. The van der Waals surface area contributed by atoms with Gasteiger partial charge < -0.3 is 9.84 Å². The van der Waals surface area contributed by atoms with Crippen molar-refractivity contribution >= 4 is 0 Å². The maximum absolute atomic E-state index is 5.02. The maximum Gasteiger partial charge on any atom is 0.227 e. The van der Waals surface area contributed by atoms with Gasteiger partial charge in [0.15, 0.2) is 5.82 Å². The molecule has 0 bridgehead atoms. The molecule has 0 spiro atoms. The van der Waals surface area contributed by atoms with Crippen LogP contribution in [-0.4, -0.2) is 21.7 Å². The summed E-state index contributed by atoms with van der Waals surface area (Å²) < 4.78 is 5.02. The summed E-state index contributed by atoms with van der Waals surface area (Å²) in [7, 11) is 0. The van der Waals surface area contributed by atoms with Crippen molar-refractivity contribution in [3.63, 3.8) is 0 Å². The number of rotatable bonds is 5. The summed E-state index contributed by atoms with van der Waals surface area (Å²) in [4.78, 5) is 8.54. The highest BCUT2D eigenvalue weighted by Gasteiger charge is 2.01. The lowest BCUT2D eigenvalue weighted by atomic mass is 10.3. The minimum Gasteiger partial charge on any atom is -0.339 e. The summed E-state index contributed by atoms with van der Waals surface area (Å²) in [5.74, 6) is 1.35. The molecule has 0 aliphatic rings. The number of nitrogens with zero attached hydrogens (tertiary/aromatic N) is 3. The third kappa shape index (κ3) is 3.64. The van der Waals surface area contributed by atoms with Crippen molar-refractivity contribution in [1.29, 1.82) is 0 Å². The van der Waals surface area contributed by atoms with Crippen LogP contribution in [0.2, 0.25) is 0 Å². The van der Waals surface area contributed by atoms with E-state index in [1.807, 2.05) is 32.0 Å². The van der Waals surface area contributed by atoms with E-state index in [2.05, 4.69) is 20.4 Å². The Morgan fingerprint density at radius 1 is 1.24 bits per heavy atom. The first-order valence-electron chi connectivity index (χ1n) is 5.66. The molecule has 5 heteroatoms. The molecule has 90 valence electrons. The Bertz CT molecular complexity index is 481. The van der Waals surface area contributed by atoms with Crippen molar-refractivity contribution in [2.75, 3.05) is 6.54 Å². The summed E-state index contributed by atoms with van der Waals surface area (Å²) in [6, 6.07) is 6.02. The molecule has 5 nitrogen and oxygen atoms in total. The smallest absolute Gasteiger partial charge is 0.227 e. The number of aromatic nitrogens is 3. The van der Waals surface area contributed by atoms with Crippen molar-refractivity contribution in [3.05, 3.63) is 41.3 Å². The van der Waals surface area contributed by atoms with Crippen molar-refractivity contribution in [3.8, 4) is 0 Å². The zero-order chi connectivity index (χ0) is 12.1. The van der Waals surface area contributed by atoms with Crippen LogP contribution in [0.5, 0.6) is 0 Å². The van der Waals surface area contributed by atoms with Crippen LogP contribution in [0.25, 0.3) is 0 Å². The molecule has 0 atom stereocenters. The van der Waals surface area contributed by atoms with Crippen LogP contribution >= 0.6 is 0 Å². The number of pyridine rings is 1. The predicted octanol–water partition coefficient (Wildman–Crippen LogP) is 1.41. The molecule has 2 aromatic heterocycles. The quantitative estimate of drug-likeness (QED) is 0.790. The van der Waals surface area contributed by atoms with Crippen molar-refractivity contribution < 1.29 is 4.52 Å². The van der Waals surface area contributed by atoms with E-state index in [1.54, 1.807) is 0 Å². The Balaban J connectivity index is 1.73. The topological polar surface area (TPSA) is 63.8 Å². The highest BCUT2D eigenvalue weighted by atomic mass is 16.5. The standard InChI is InChI=1S/C12H16N4O/c1-9-4-3-5-11(14-9)8-13-7-6-12-15-10(2)16-17-12/h3-5,13H,6-8H2,1-2H3. The summed E-state index contributed by atoms with van der Waals surface area (Å²) in [5, 5.41) is 7.04. The van der Waals surface area contributed by atoms with E-state index >= 15 is 0 Å². The second kappa shape index (κ2) is 5.54. The van der Waals surface area contributed by atoms with E-state index < -0.39 is 0 Å². The van der Waals surface area contributed by atoms with E-state index in [0.29, 0.717) is 11.7 Å². The zero-order valence-electron chi connectivity index (χ0n) is 10.1. The Labute approximate surface area is 100 Å². The minimum atomic E-state index is 0.673. The number of hydrogen-bond acceptors (Lipinski definition) is 5. The van der Waals surface area contributed by atoms with E-state index in [0.717, 1.165) is 30.9 Å². The highest BCUT2D eigenvalue weighted by molar-refractivity contribution is 5.09. The summed E-state index contributed by atoms with van der Waals surface area (Å²) in [6.07, 6.45) is 0.743. The van der Waals surface area contributed by atoms with Gasteiger partial charge in [0.25, 0.3) is 0 Å². The van der Waals surface area contributed by atoms with Crippen molar-refractivity contribution in [1.82, 2.24) is 20.4 Å². The van der Waals surface area contributed by atoms with E-state index in [9.17, 15) is 0 Å². The van der Waals surface area contributed by atoms with Crippen LogP contribution in [0.3, 0.4) is 0 Å². The molecule has 0 amide bonds. The molecule has 0 saturated carbocycles. The van der Waals surface area contributed by atoms with Gasteiger partial charge in [-0.25, -0.2) is 0 Å². The van der Waals surface area contributed by atoms with Crippen molar-refractivity contribution in [2.45, 2.75) is 26.8 Å². The van der Waals surface area contributed by atoms with Crippen molar-refractivity contribution in [2.24, 2.45) is 0 Å². The molecule has 17 heavy (non-hydrogen) atoms. The minimum absolute atomic E-state index is 0.673. The Morgan fingerprint density at radius 3 is 2.82 bits per heavy atom. The number of nitrogens with one attached hydrogen (secondary N) is 1. The van der Waals surface area contributed by atoms with Gasteiger partial charge in [-0.3, -0.25) is 4.98 Å². The Hall–Kier alpha value is -1.75. The van der Waals surface area contributed by atoms with Gasteiger partial charge in [0, 0.05) is 25.2 Å². The van der Waals surface area contributed by atoms with Gasteiger partial charge in [0.1, 0.15) is 0 Å². The molecular weight excluding hydrogens is 216 g/mol. The molecule has 0 aliphatic heterocycles. The molecular formula is C12H16N4O. The molecule has 0 radical (unpaired) electrons. The van der Waals surface area contributed by atoms with E-state index in [-0.39, 0.29) is 0 Å². The first kappa shape index (κ1) is 11.7. The maximum atomic E-state index is 5.02. The lowest BCUT2D eigenvalue weighted by Gasteiger charge is -2.03. The molecule has 0 unspecified atom stereocenters. The number of aryl methyl sites for hydroxylation is 2. The normalized spacial score (nSPS) is 10.7. The van der Waals surface area contributed by atoms with Gasteiger partial charge >= 0.3 is 0 Å². The predicted molar refractivity (Wildman–Crippen MR) is 63.4 cm³/mol. The average molecular weight is 232 g/mol. The monoisotopic (exact) mass is 232 g/mol. The molecule has 0 aliphatic carbocycles. The first-order valence-corrected chi connectivity index (χ1v) is 5.66. The first-order chi connectivity index (χ1) is 8.24. The van der Waals surface area contributed by atoms with Crippen LogP contribution in [0, 0.1) is 13.8 Å². The molecule has 2 aromatic rings. The summed E-state index contributed by atoms with van der Waals surface area (Å²) in [5.41, 5.74) is 2.09. The van der Waals surface area contributed by atoms with Crippen LogP contribution in [-0.2, 0) is 13.0 Å². The molecule has 1 N–H and O–H groups in total. The lowest BCUT2D eigenvalue weighted by Crippen LogP contribution is -2.17. The SMILES string of the molecule is Cc1cccc(CNCCc2nc(C)no2)n1. The van der Waals surface area contributed by atoms with Gasteiger partial charge in [-0.05, 0) is 26.0 Å². The second-order valence-electron chi connectivity index (χ2n) is 3.93.